The number of carbonyl (C=O) groups is 1. The zero-order valence-corrected chi connectivity index (χ0v) is 9.86. The maximum Gasteiger partial charge on any atom is 0.315 e. The number of rotatable bonds is 5. The lowest BCUT2D eigenvalue weighted by atomic mass is 10.3. The Kier molecular flexibility index (Phi) is 3.46. The van der Waals surface area contributed by atoms with Crippen molar-refractivity contribution in [1.82, 2.24) is 0 Å². The third-order valence-electron chi connectivity index (χ3n) is 2.29. The summed E-state index contributed by atoms with van der Waals surface area (Å²) in [5.41, 5.74) is -0.261. The quantitative estimate of drug-likeness (QED) is 0.468. The molecule has 0 spiro atoms. The minimum atomic E-state index is -0.596. The molecule has 0 aliphatic rings. The molecule has 0 saturated heterocycles. The van der Waals surface area contributed by atoms with E-state index in [-0.39, 0.29) is 23.1 Å². The van der Waals surface area contributed by atoms with E-state index in [1.807, 2.05) is 0 Å². The molecule has 19 heavy (non-hydrogen) atoms. The predicted molar refractivity (Wildman–Crippen MR) is 63.8 cm³/mol. The van der Waals surface area contributed by atoms with Gasteiger partial charge < -0.3 is 13.9 Å². The first kappa shape index (κ1) is 12.6. The summed E-state index contributed by atoms with van der Waals surface area (Å²) in [6.45, 7) is 0. The lowest BCUT2D eigenvalue weighted by Gasteiger charge is -2.05. The van der Waals surface area contributed by atoms with Crippen LogP contribution in [0.15, 0.2) is 34.7 Å². The van der Waals surface area contributed by atoms with Crippen molar-refractivity contribution in [2.75, 3.05) is 7.11 Å². The third kappa shape index (κ3) is 2.71. The summed E-state index contributed by atoms with van der Waals surface area (Å²) >= 11 is 0. The molecule has 0 unspecified atom stereocenters. The molecule has 98 valence electrons. The van der Waals surface area contributed by atoms with Gasteiger partial charge in [-0.05, 0) is 18.2 Å². The van der Waals surface area contributed by atoms with Gasteiger partial charge in [-0.1, -0.05) is 0 Å². The lowest BCUT2D eigenvalue weighted by Crippen LogP contribution is -1.94. The number of nitrogens with zero attached hydrogens (tertiary/aromatic N) is 1. The Hall–Kier alpha value is -2.83. The van der Waals surface area contributed by atoms with Crippen LogP contribution in [0.5, 0.6) is 17.4 Å². The van der Waals surface area contributed by atoms with Crippen molar-refractivity contribution in [3.05, 3.63) is 46.2 Å². The second-order valence-electron chi connectivity index (χ2n) is 3.47. The molecule has 0 amide bonds. The molecule has 0 fully saturated rings. The molecule has 1 aromatic heterocycles. The van der Waals surface area contributed by atoms with Gasteiger partial charge in [0.2, 0.25) is 5.75 Å². The number of hydrogen-bond donors (Lipinski definition) is 0. The van der Waals surface area contributed by atoms with E-state index < -0.39 is 4.92 Å². The summed E-state index contributed by atoms with van der Waals surface area (Å²) in [7, 11) is 1.41. The molecule has 0 N–H and O–H groups in total. The fraction of sp³-hybridized carbons (Fsp3) is 0.0833. The first-order valence-electron chi connectivity index (χ1n) is 5.19. The van der Waals surface area contributed by atoms with Crippen molar-refractivity contribution in [2.45, 2.75) is 0 Å². The molecule has 7 heteroatoms. The summed E-state index contributed by atoms with van der Waals surface area (Å²) in [4.78, 5) is 20.8. The molecule has 0 aliphatic heterocycles. The van der Waals surface area contributed by atoms with Gasteiger partial charge in [0.15, 0.2) is 12.0 Å². The average Bonchev–Trinajstić information content (AvgIpc) is 2.86. The van der Waals surface area contributed by atoms with Gasteiger partial charge in [-0.25, -0.2) is 0 Å². The second-order valence-corrected chi connectivity index (χ2v) is 3.47. The Morgan fingerprint density at radius 1 is 1.32 bits per heavy atom. The maximum absolute atomic E-state index is 10.9. The smallest absolute Gasteiger partial charge is 0.315 e. The zero-order chi connectivity index (χ0) is 13.8. The Morgan fingerprint density at radius 3 is 2.68 bits per heavy atom. The number of nitro benzene ring substituents is 1. The van der Waals surface area contributed by atoms with E-state index in [1.54, 1.807) is 0 Å². The Labute approximate surface area is 107 Å². The fourth-order valence-corrected chi connectivity index (χ4v) is 1.41. The largest absolute Gasteiger partial charge is 0.496 e. The van der Waals surface area contributed by atoms with Crippen molar-refractivity contribution >= 4 is 12.0 Å². The van der Waals surface area contributed by atoms with Crippen LogP contribution in [0.3, 0.4) is 0 Å². The SMILES string of the molecule is COc1ccc(Oc2ccc(C=O)o2)c([N+](=O)[O-])c1. The Balaban J connectivity index is 2.33. The number of hydrogen-bond acceptors (Lipinski definition) is 6. The van der Waals surface area contributed by atoms with E-state index in [0.717, 1.165) is 0 Å². The number of methoxy groups -OCH3 is 1. The number of furan rings is 1. The number of aldehydes is 1. The minimum Gasteiger partial charge on any atom is -0.496 e. The minimum absolute atomic E-state index is 0.00222. The van der Waals surface area contributed by atoms with Crippen molar-refractivity contribution < 1.29 is 23.6 Å². The van der Waals surface area contributed by atoms with Gasteiger partial charge in [0.05, 0.1) is 18.1 Å². The van der Waals surface area contributed by atoms with Crippen LogP contribution in [0, 0.1) is 10.1 Å². The van der Waals surface area contributed by atoms with E-state index in [2.05, 4.69) is 0 Å². The van der Waals surface area contributed by atoms with Gasteiger partial charge in [0, 0.05) is 6.07 Å². The Bertz CT molecular complexity index is 618. The van der Waals surface area contributed by atoms with Crippen molar-refractivity contribution in [3.8, 4) is 17.4 Å². The maximum atomic E-state index is 10.9. The van der Waals surface area contributed by atoms with Crippen LogP contribution in [0.2, 0.25) is 0 Å². The number of carbonyl (C=O) groups excluding carboxylic acids is 1. The van der Waals surface area contributed by atoms with Gasteiger partial charge in [0.25, 0.3) is 5.95 Å². The van der Waals surface area contributed by atoms with Gasteiger partial charge in [-0.2, -0.15) is 0 Å². The average molecular weight is 263 g/mol. The monoisotopic (exact) mass is 263 g/mol. The highest BCUT2D eigenvalue weighted by atomic mass is 16.6. The molecule has 0 saturated carbocycles. The van der Waals surface area contributed by atoms with Gasteiger partial charge in [-0.3, -0.25) is 14.9 Å². The van der Waals surface area contributed by atoms with Crippen molar-refractivity contribution in [2.24, 2.45) is 0 Å². The summed E-state index contributed by atoms with van der Waals surface area (Å²) in [6.07, 6.45) is 0.509. The first-order valence-corrected chi connectivity index (χ1v) is 5.19. The Morgan fingerprint density at radius 2 is 2.11 bits per heavy atom. The van der Waals surface area contributed by atoms with Gasteiger partial charge in [-0.15, -0.1) is 0 Å². The van der Waals surface area contributed by atoms with E-state index in [4.69, 9.17) is 13.9 Å². The third-order valence-corrected chi connectivity index (χ3v) is 2.29. The summed E-state index contributed by atoms with van der Waals surface area (Å²) in [5, 5.41) is 10.9. The molecular formula is C12H9NO6. The lowest BCUT2D eigenvalue weighted by molar-refractivity contribution is -0.385. The zero-order valence-electron chi connectivity index (χ0n) is 9.86. The van der Waals surface area contributed by atoms with Gasteiger partial charge in [0.1, 0.15) is 5.75 Å². The standard InChI is InChI=1S/C12H9NO6/c1-17-8-2-4-11(10(6-8)13(15)16)19-12-5-3-9(7-14)18-12/h2-7H,1H3. The number of nitro groups is 1. The highest BCUT2D eigenvalue weighted by molar-refractivity contribution is 5.70. The molecule has 2 rings (SSSR count). The summed E-state index contributed by atoms with van der Waals surface area (Å²) in [5.74, 6) is 0.409. The van der Waals surface area contributed by atoms with E-state index >= 15 is 0 Å². The second kappa shape index (κ2) is 5.21. The van der Waals surface area contributed by atoms with E-state index in [9.17, 15) is 14.9 Å². The van der Waals surface area contributed by atoms with Crippen LogP contribution < -0.4 is 9.47 Å². The highest BCUT2D eigenvalue weighted by Crippen LogP contribution is 2.34. The molecule has 0 radical (unpaired) electrons. The molecule has 0 aliphatic carbocycles. The topological polar surface area (TPSA) is 91.8 Å². The normalized spacial score (nSPS) is 9.95. The molecule has 0 atom stereocenters. The van der Waals surface area contributed by atoms with Crippen LogP contribution in [0.25, 0.3) is 0 Å². The molecule has 1 heterocycles. The molecular weight excluding hydrogens is 254 g/mol. The van der Waals surface area contributed by atoms with Crippen LogP contribution >= 0.6 is 0 Å². The summed E-state index contributed by atoms with van der Waals surface area (Å²) < 4.78 is 15.1. The predicted octanol–water partition coefficient (Wildman–Crippen LogP) is 2.80. The van der Waals surface area contributed by atoms with Crippen LogP contribution in [-0.4, -0.2) is 18.3 Å². The van der Waals surface area contributed by atoms with Crippen LogP contribution in [0.1, 0.15) is 10.6 Å². The first-order chi connectivity index (χ1) is 9.13. The molecule has 0 bridgehead atoms. The van der Waals surface area contributed by atoms with E-state index in [1.165, 1.54) is 37.4 Å². The van der Waals surface area contributed by atoms with Gasteiger partial charge >= 0.3 is 5.69 Å². The fourth-order valence-electron chi connectivity index (χ4n) is 1.41. The van der Waals surface area contributed by atoms with Crippen molar-refractivity contribution in [1.29, 1.82) is 0 Å². The van der Waals surface area contributed by atoms with Crippen LogP contribution in [0.4, 0.5) is 5.69 Å². The molecule has 2 aromatic rings. The van der Waals surface area contributed by atoms with Crippen molar-refractivity contribution in [3.63, 3.8) is 0 Å². The highest BCUT2D eigenvalue weighted by Gasteiger charge is 2.18. The summed E-state index contributed by atoms with van der Waals surface area (Å²) in [6, 6.07) is 6.94. The molecule has 1 aromatic carbocycles. The number of benzene rings is 1. The molecule has 7 nitrogen and oxygen atoms in total. The van der Waals surface area contributed by atoms with Crippen LogP contribution in [-0.2, 0) is 0 Å². The van der Waals surface area contributed by atoms with E-state index in [0.29, 0.717) is 12.0 Å². The number of ether oxygens (including phenoxy) is 2.